The standard InChI is InChI=1S/C22H22F2N4O3/c1-26-20-7-5-15(12-19(20)25)31-10-8-27-21(29)16-3-2-9-28(22(16)30)13-14-4-6-17(23)18(24)11-14/h2-7,9,11-12,26H,8,10,13,25H2,1H3,(H,27,29). The van der Waals surface area contributed by atoms with Gasteiger partial charge in [-0.15, -0.1) is 0 Å². The predicted molar refractivity (Wildman–Crippen MR) is 114 cm³/mol. The molecule has 162 valence electrons. The van der Waals surface area contributed by atoms with Gasteiger partial charge in [0.15, 0.2) is 11.6 Å². The Kier molecular flexibility index (Phi) is 6.86. The molecule has 2 aromatic carbocycles. The smallest absolute Gasteiger partial charge is 0.263 e. The summed E-state index contributed by atoms with van der Waals surface area (Å²) in [6, 6.07) is 11.5. The summed E-state index contributed by atoms with van der Waals surface area (Å²) in [7, 11) is 1.76. The van der Waals surface area contributed by atoms with E-state index in [1.807, 2.05) is 0 Å². The van der Waals surface area contributed by atoms with E-state index >= 15 is 0 Å². The first kappa shape index (κ1) is 21.8. The van der Waals surface area contributed by atoms with Gasteiger partial charge in [-0.05, 0) is 42.0 Å². The highest BCUT2D eigenvalue weighted by atomic mass is 19.2. The van der Waals surface area contributed by atoms with Gasteiger partial charge in [0.2, 0.25) is 0 Å². The maximum atomic E-state index is 13.4. The molecule has 0 aliphatic rings. The summed E-state index contributed by atoms with van der Waals surface area (Å²) in [6.45, 7) is 0.355. The van der Waals surface area contributed by atoms with Crippen molar-refractivity contribution in [3.8, 4) is 5.75 Å². The summed E-state index contributed by atoms with van der Waals surface area (Å²) in [4.78, 5) is 25.0. The molecule has 1 amide bonds. The lowest BCUT2D eigenvalue weighted by Gasteiger charge is -2.11. The van der Waals surface area contributed by atoms with Crippen molar-refractivity contribution in [3.05, 3.63) is 87.8 Å². The number of aromatic nitrogens is 1. The first-order valence-corrected chi connectivity index (χ1v) is 9.50. The Balaban J connectivity index is 1.59. The fraction of sp³-hybridized carbons (Fsp3) is 0.182. The normalized spacial score (nSPS) is 10.5. The summed E-state index contributed by atoms with van der Waals surface area (Å²) < 4.78 is 33.3. The van der Waals surface area contributed by atoms with Crippen LogP contribution in [0.25, 0.3) is 0 Å². The van der Waals surface area contributed by atoms with Gasteiger partial charge in [0.05, 0.1) is 24.5 Å². The molecule has 3 aromatic rings. The van der Waals surface area contributed by atoms with E-state index in [1.165, 1.54) is 22.9 Å². The molecule has 0 saturated heterocycles. The molecule has 3 rings (SSSR count). The molecule has 0 unspecified atom stereocenters. The zero-order chi connectivity index (χ0) is 22.4. The van der Waals surface area contributed by atoms with Gasteiger partial charge < -0.3 is 25.7 Å². The number of nitrogens with two attached hydrogens (primary N) is 1. The second kappa shape index (κ2) is 9.75. The third-order valence-corrected chi connectivity index (χ3v) is 4.55. The maximum absolute atomic E-state index is 13.4. The van der Waals surface area contributed by atoms with Crippen molar-refractivity contribution in [2.24, 2.45) is 0 Å². The summed E-state index contributed by atoms with van der Waals surface area (Å²) >= 11 is 0. The Hall–Kier alpha value is -3.88. The minimum Gasteiger partial charge on any atom is -0.492 e. The minimum absolute atomic E-state index is 0.00426. The van der Waals surface area contributed by atoms with Crippen molar-refractivity contribution in [2.75, 3.05) is 31.2 Å². The molecule has 31 heavy (non-hydrogen) atoms. The number of hydrogen-bond donors (Lipinski definition) is 3. The van der Waals surface area contributed by atoms with Crippen LogP contribution < -0.4 is 26.7 Å². The molecule has 1 aromatic heterocycles. The molecule has 0 spiro atoms. The second-order valence-electron chi connectivity index (χ2n) is 6.71. The number of amides is 1. The van der Waals surface area contributed by atoms with Crippen molar-refractivity contribution < 1.29 is 18.3 Å². The number of rotatable bonds is 8. The molecule has 9 heteroatoms. The molecule has 0 fully saturated rings. The lowest BCUT2D eigenvalue weighted by atomic mass is 10.2. The summed E-state index contributed by atoms with van der Waals surface area (Å²) in [5, 5.41) is 5.57. The number of ether oxygens (including phenoxy) is 1. The highest BCUT2D eigenvalue weighted by molar-refractivity contribution is 5.93. The molecule has 0 saturated carbocycles. The highest BCUT2D eigenvalue weighted by Gasteiger charge is 2.12. The van der Waals surface area contributed by atoms with Crippen LogP contribution in [0.15, 0.2) is 59.5 Å². The zero-order valence-corrected chi connectivity index (χ0v) is 16.8. The number of pyridine rings is 1. The van der Waals surface area contributed by atoms with E-state index in [0.29, 0.717) is 17.0 Å². The SMILES string of the molecule is CNc1ccc(OCCNC(=O)c2cccn(Cc3ccc(F)c(F)c3)c2=O)cc1N. The second-order valence-corrected chi connectivity index (χ2v) is 6.71. The molecule has 0 aliphatic carbocycles. The van der Waals surface area contributed by atoms with Crippen LogP contribution in [0.2, 0.25) is 0 Å². The number of carbonyl (C=O) groups is 1. The number of carbonyl (C=O) groups excluding carboxylic acids is 1. The van der Waals surface area contributed by atoms with Crippen molar-refractivity contribution >= 4 is 17.3 Å². The number of nitrogens with zero attached hydrogens (tertiary/aromatic N) is 1. The Morgan fingerprint density at radius 1 is 1.13 bits per heavy atom. The average molecular weight is 428 g/mol. The van der Waals surface area contributed by atoms with Crippen LogP contribution in [0, 0.1) is 11.6 Å². The van der Waals surface area contributed by atoms with Crippen LogP contribution in [0.1, 0.15) is 15.9 Å². The quantitative estimate of drug-likeness (QED) is 0.379. The number of nitrogen functional groups attached to an aromatic ring is 1. The topological polar surface area (TPSA) is 98.4 Å². The fourth-order valence-corrected chi connectivity index (χ4v) is 2.96. The first-order chi connectivity index (χ1) is 14.9. The third kappa shape index (κ3) is 5.39. The lowest BCUT2D eigenvalue weighted by molar-refractivity contribution is 0.0945. The number of nitrogens with one attached hydrogen (secondary N) is 2. The average Bonchev–Trinajstić information content (AvgIpc) is 2.75. The van der Waals surface area contributed by atoms with Gasteiger partial charge in [0, 0.05) is 19.3 Å². The Morgan fingerprint density at radius 2 is 1.94 bits per heavy atom. The predicted octanol–water partition coefficient (Wildman–Crippen LogP) is 2.61. The van der Waals surface area contributed by atoms with Gasteiger partial charge in [-0.25, -0.2) is 8.78 Å². The molecule has 7 nitrogen and oxygen atoms in total. The summed E-state index contributed by atoms with van der Waals surface area (Å²) in [5.41, 5.74) is 6.99. The van der Waals surface area contributed by atoms with Crippen LogP contribution in [-0.2, 0) is 6.54 Å². The van der Waals surface area contributed by atoms with Crippen LogP contribution in [0.5, 0.6) is 5.75 Å². The van der Waals surface area contributed by atoms with Gasteiger partial charge >= 0.3 is 0 Å². The van der Waals surface area contributed by atoms with E-state index in [4.69, 9.17) is 10.5 Å². The molecule has 4 N–H and O–H groups in total. The van der Waals surface area contributed by atoms with E-state index in [1.54, 1.807) is 31.3 Å². The van der Waals surface area contributed by atoms with Gasteiger partial charge in [-0.1, -0.05) is 6.07 Å². The van der Waals surface area contributed by atoms with Crippen molar-refractivity contribution in [1.82, 2.24) is 9.88 Å². The largest absolute Gasteiger partial charge is 0.492 e. The van der Waals surface area contributed by atoms with Gasteiger partial charge in [0.25, 0.3) is 11.5 Å². The monoisotopic (exact) mass is 428 g/mol. The molecular formula is C22H22F2N4O3. The van der Waals surface area contributed by atoms with Gasteiger partial charge in [-0.2, -0.15) is 0 Å². The molecular weight excluding hydrogens is 406 g/mol. The van der Waals surface area contributed by atoms with Crippen molar-refractivity contribution in [3.63, 3.8) is 0 Å². The van der Waals surface area contributed by atoms with E-state index in [-0.39, 0.29) is 25.3 Å². The lowest BCUT2D eigenvalue weighted by Crippen LogP contribution is -2.34. The van der Waals surface area contributed by atoms with E-state index in [0.717, 1.165) is 17.8 Å². The highest BCUT2D eigenvalue weighted by Crippen LogP contribution is 2.23. The number of anilines is 2. The van der Waals surface area contributed by atoms with Crippen LogP contribution in [0.3, 0.4) is 0 Å². The van der Waals surface area contributed by atoms with Crippen molar-refractivity contribution in [1.29, 1.82) is 0 Å². The van der Waals surface area contributed by atoms with Crippen LogP contribution >= 0.6 is 0 Å². The van der Waals surface area contributed by atoms with E-state index in [2.05, 4.69) is 10.6 Å². The molecule has 0 bridgehead atoms. The third-order valence-electron chi connectivity index (χ3n) is 4.55. The van der Waals surface area contributed by atoms with Crippen LogP contribution in [0.4, 0.5) is 20.2 Å². The summed E-state index contributed by atoms with van der Waals surface area (Å²) in [6.07, 6.45) is 1.47. The van der Waals surface area contributed by atoms with E-state index in [9.17, 15) is 18.4 Å². The molecule has 0 atom stereocenters. The fourth-order valence-electron chi connectivity index (χ4n) is 2.96. The zero-order valence-electron chi connectivity index (χ0n) is 16.8. The molecule has 1 heterocycles. The first-order valence-electron chi connectivity index (χ1n) is 9.50. The Labute approximate surface area is 177 Å². The maximum Gasteiger partial charge on any atom is 0.263 e. The van der Waals surface area contributed by atoms with Gasteiger partial charge in [-0.3, -0.25) is 9.59 Å². The number of hydrogen-bond acceptors (Lipinski definition) is 5. The Bertz CT molecular complexity index is 1150. The van der Waals surface area contributed by atoms with Gasteiger partial charge in [0.1, 0.15) is 17.9 Å². The molecule has 0 aliphatic heterocycles. The number of halogens is 2. The summed E-state index contributed by atoms with van der Waals surface area (Å²) in [5.74, 6) is -1.97. The van der Waals surface area contributed by atoms with E-state index < -0.39 is 23.1 Å². The van der Waals surface area contributed by atoms with Crippen LogP contribution in [-0.4, -0.2) is 30.7 Å². The number of benzene rings is 2. The minimum atomic E-state index is -0.998. The Morgan fingerprint density at radius 3 is 2.65 bits per heavy atom. The van der Waals surface area contributed by atoms with Crippen molar-refractivity contribution in [2.45, 2.75) is 6.54 Å². The molecule has 0 radical (unpaired) electrons.